The van der Waals surface area contributed by atoms with Crippen molar-refractivity contribution in [3.8, 4) is 0 Å². The first-order valence-corrected chi connectivity index (χ1v) is 10.4. The van der Waals surface area contributed by atoms with Gasteiger partial charge in [0, 0.05) is 0 Å². The van der Waals surface area contributed by atoms with E-state index in [0.29, 0.717) is 0 Å². The smallest absolute Gasteiger partial charge is 0.0329 e. The third-order valence-corrected chi connectivity index (χ3v) is 7.69. The minimum atomic E-state index is 0. The average Bonchev–Trinajstić information content (AvgIpc) is 2.42. The van der Waals surface area contributed by atoms with Crippen LogP contribution in [0.4, 0.5) is 0 Å². The summed E-state index contributed by atoms with van der Waals surface area (Å²) in [7, 11) is 0. The molecule has 2 aliphatic rings. The van der Waals surface area contributed by atoms with E-state index in [9.17, 15) is 0 Å². The standard InChI is InChI=1S/C22H42.6CH4/c1-8-19(9-2)20-12-17(6)22(18(7)13-20)21-15(4)10-14(3)11-16(21)5;;;;;;/h14-22H,8-13H2,1-7H3;6*1H4. The van der Waals surface area contributed by atoms with Gasteiger partial charge in [-0.2, -0.15) is 0 Å². The van der Waals surface area contributed by atoms with E-state index in [4.69, 9.17) is 0 Å². The lowest BCUT2D eigenvalue weighted by Crippen LogP contribution is -2.43. The molecule has 4 atom stereocenters. The Morgan fingerprint density at radius 3 is 1.11 bits per heavy atom. The van der Waals surface area contributed by atoms with Crippen molar-refractivity contribution in [2.24, 2.45) is 53.3 Å². The summed E-state index contributed by atoms with van der Waals surface area (Å²) in [5, 5.41) is 0. The highest BCUT2D eigenvalue weighted by molar-refractivity contribution is 4.93. The first-order valence-electron chi connectivity index (χ1n) is 10.4. The van der Waals surface area contributed by atoms with Crippen molar-refractivity contribution in [3.63, 3.8) is 0 Å². The molecule has 0 N–H and O–H groups in total. The second kappa shape index (κ2) is 16.8. The van der Waals surface area contributed by atoms with Crippen LogP contribution in [-0.2, 0) is 0 Å². The molecule has 0 aliphatic heterocycles. The van der Waals surface area contributed by atoms with E-state index < -0.39 is 0 Å². The largest absolute Gasteiger partial charge is 0.0776 e. The van der Waals surface area contributed by atoms with E-state index in [1.165, 1.54) is 38.5 Å². The Hall–Kier alpha value is 0. The van der Waals surface area contributed by atoms with Gasteiger partial charge in [0.15, 0.2) is 0 Å². The van der Waals surface area contributed by atoms with E-state index in [1.807, 2.05) is 0 Å². The second-order valence-corrected chi connectivity index (χ2v) is 9.45. The Kier molecular flexibility index (Phi) is 23.1. The molecule has 0 saturated heterocycles. The van der Waals surface area contributed by atoms with E-state index in [1.54, 1.807) is 0 Å². The highest BCUT2D eigenvalue weighted by Gasteiger charge is 2.44. The van der Waals surface area contributed by atoms with Crippen LogP contribution < -0.4 is 0 Å². The van der Waals surface area contributed by atoms with Gasteiger partial charge >= 0.3 is 0 Å². The Morgan fingerprint density at radius 2 is 0.821 bits per heavy atom. The quantitative estimate of drug-likeness (QED) is 0.438. The summed E-state index contributed by atoms with van der Waals surface area (Å²) in [5.74, 6) is 8.68. The summed E-state index contributed by atoms with van der Waals surface area (Å²) < 4.78 is 0. The fourth-order valence-corrected chi connectivity index (χ4v) is 7.02. The first-order chi connectivity index (χ1) is 10.4. The van der Waals surface area contributed by atoms with Crippen molar-refractivity contribution in [2.45, 2.75) is 132 Å². The molecule has 2 fully saturated rings. The molecular weight excluding hydrogens is 336 g/mol. The van der Waals surface area contributed by atoms with Crippen molar-refractivity contribution < 1.29 is 0 Å². The van der Waals surface area contributed by atoms with Crippen LogP contribution in [0.25, 0.3) is 0 Å². The molecule has 2 aliphatic carbocycles. The maximum Gasteiger partial charge on any atom is -0.0329 e. The predicted molar refractivity (Wildman–Crippen MR) is 139 cm³/mol. The van der Waals surface area contributed by atoms with Crippen molar-refractivity contribution in [1.29, 1.82) is 0 Å². The fraction of sp³-hybridized carbons (Fsp3) is 1.00. The van der Waals surface area contributed by atoms with E-state index >= 15 is 0 Å². The summed E-state index contributed by atoms with van der Waals surface area (Å²) >= 11 is 0. The van der Waals surface area contributed by atoms with Gasteiger partial charge in [0.1, 0.15) is 0 Å². The predicted octanol–water partition coefficient (Wildman–Crippen LogP) is 10.9. The maximum absolute atomic E-state index is 2.59. The summed E-state index contributed by atoms with van der Waals surface area (Å²) in [6.07, 6.45) is 8.74. The van der Waals surface area contributed by atoms with Crippen molar-refractivity contribution in [1.82, 2.24) is 0 Å². The van der Waals surface area contributed by atoms with Gasteiger partial charge < -0.3 is 0 Å². The molecule has 2 saturated carbocycles. The molecule has 0 nitrogen and oxygen atoms in total. The van der Waals surface area contributed by atoms with Crippen molar-refractivity contribution in [2.75, 3.05) is 0 Å². The van der Waals surface area contributed by atoms with Gasteiger partial charge in [-0.25, -0.2) is 0 Å². The normalized spacial score (nSPS) is 36.9. The molecule has 28 heavy (non-hydrogen) atoms. The molecule has 0 spiro atoms. The molecule has 0 amide bonds. The fourth-order valence-electron chi connectivity index (χ4n) is 7.02. The maximum atomic E-state index is 2.59. The van der Waals surface area contributed by atoms with Gasteiger partial charge in [-0.05, 0) is 78.9 Å². The number of hydrogen-bond donors (Lipinski definition) is 0. The first kappa shape index (κ1) is 38.6. The van der Waals surface area contributed by atoms with Gasteiger partial charge in [0.05, 0.1) is 0 Å². The van der Waals surface area contributed by atoms with E-state index in [2.05, 4.69) is 48.5 Å². The minimum absolute atomic E-state index is 0. The Bertz CT molecular complexity index is 305. The zero-order chi connectivity index (χ0) is 16.4. The van der Waals surface area contributed by atoms with Gasteiger partial charge in [0.2, 0.25) is 0 Å². The Labute approximate surface area is 185 Å². The molecule has 4 unspecified atom stereocenters. The van der Waals surface area contributed by atoms with Crippen LogP contribution in [0.5, 0.6) is 0 Å². The third-order valence-electron chi connectivity index (χ3n) is 7.69. The highest BCUT2D eigenvalue weighted by Crippen LogP contribution is 2.52. The lowest BCUT2D eigenvalue weighted by molar-refractivity contribution is -0.0182. The molecule has 0 heteroatoms. The van der Waals surface area contributed by atoms with Gasteiger partial charge in [-0.15, -0.1) is 0 Å². The average molecular weight is 403 g/mol. The molecular formula is C28H66. The molecule has 0 aromatic carbocycles. The molecule has 0 radical (unpaired) electrons. The zero-order valence-corrected chi connectivity index (χ0v) is 16.4. The molecule has 0 aromatic heterocycles. The lowest BCUT2D eigenvalue weighted by Gasteiger charge is -2.51. The van der Waals surface area contributed by atoms with Gasteiger partial charge in [-0.3, -0.25) is 0 Å². The third kappa shape index (κ3) is 8.39. The van der Waals surface area contributed by atoms with Crippen LogP contribution in [0.2, 0.25) is 0 Å². The molecule has 0 aromatic rings. The molecule has 2 rings (SSSR count). The van der Waals surface area contributed by atoms with Crippen LogP contribution in [0.15, 0.2) is 0 Å². The topological polar surface area (TPSA) is 0 Å². The second-order valence-electron chi connectivity index (χ2n) is 9.45. The van der Waals surface area contributed by atoms with E-state index in [0.717, 1.165) is 53.3 Å². The van der Waals surface area contributed by atoms with Crippen LogP contribution in [-0.4, -0.2) is 0 Å². The number of hydrogen-bond acceptors (Lipinski definition) is 0. The summed E-state index contributed by atoms with van der Waals surface area (Å²) in [4.78, 5) is 0. The number of rotatable bonds is 4. The molecule has 178 valence electrons. The van der Waals surface area contributed by atoms with Crippen LogP contribution >= 0.6 is 0 Å². The Balaban J connectivity index is -0.000000294. The minimum Gasteiger partial charge on any atom is -0.0776 e. The molecule has 0 bridgehead atoms. The van der Waals surface area contributed by atoms with Crippen molar-refractivity contribution in [3.05, 3.63) is 0 Å². The summed E-state index contributed by atoms with van der Waals surface area (Å²) in [6.45, 7) is 17.6. The van der Waals surface area contributed by atoms with Gasteiger partial charge in [0.25, 0.3) is 0 Å². The van der Waals surface area contributed by atoms with E-state index in [-0.39, 0.29) is 44.6 Å². The Morgan fingerprint density at radius 1 is 0.536 bits per heavy atom. The summed E-state index contributed by atoms with van der Waals surface area (Å²) in [5.41, 5.74) is 0. The zero-order valence-electron chi connectivity index (χ0n) is 16.4. The van der Waals surface area contributed by atoms with Crippen LogP contribution in [0, 0.1) is 53.3 Å². The van der Waals surface area contributed by atoms with Crippen LogP contribution in [0.3, 0.4) is 0 Å². The summed E-state index contributed by atoms with van der Waals surface area (Å²) in [6, 6.07) is 0. The van der Waals surface area contributed by atoms with Crippen LogP contribution in [0.1, 0.15) is 132 Å². The monoisotopic (exact) mass is 403 g/mol. The lowest BCUT2D eigenvalue weighted by atomic mass is 9.54. The molecule has 0 heterocycles. The van der Waals surface area contributed by atoms with Gasteiger partial charge in [-0.1, -0.05) is 106 Å². The highest BCUT2D eigenvalue weighted by atomic mass is 14.5. The van der Waals surface area contributed by atoms with Crippen molar-refractivity contribution >= 4 is 0 Å². The SMILES string of the molecule is C.C.C.C.C.C.CCC(CC)C1CC(C)C(C2C(C)CC(C)CC2C)C(C)C1.